The quantitative estimate of drug-likeness (QED) is 0.405. The van der Waals surface area contributed by atoms with Crippen LogP contribution in [0.15, 0.2) is 0 Å². The minimum atomic E-state index is -2.77. The van der Waals surface area contributed by atoms with Gasteiger partial charge in [-0.15, -0.1) is 0 Å². The second kappa shape index (κ2) is 14.2. The molecule has 7 nitrogen and oxygen atoms in total. The normalized spacial score (nSPS) is 28.6. The van der Waals surface area contributed by atoms with Crippen molar-refractivity contribution in [3.05, 3.63) is 0 Å². The van der Waals surface area contributed by atoms with Crippen LogP contribution in [0.3, 0.4) is 0 Å². The summed E-state index contributed by atoms with van der Waals surface area (Å²) in [5.41, 5.74) is 0. The molecule has 1 aliphatic heterocycles. The summed E-state index contributed by atoms with van der Waals surface area (Å²) >= 11 is 0. The highest BCUT2D eigenvalue weighted by atomic mass is 28.4. The van der Waals surface area contributed by atoms with Crippen molar-refractivity contribution in [3.8, 4) is 0 Å². The van der Waals surface area contributed by atoms with Gasteiger partial charge in [-0.25, -0.2) is 0 Å². The van der Waals surface area contributed by atoms with E-state index in [1.165, 1.54) is 51.4 Å². The fourth-order valence-corrected chi connectivity index (χ4v) is 7.47. The van der Waals surface area contributed by atoms with Crippen LogP contribution in [-0.2, 0) is 22.9 Å². The highest BCUT2D eigenvalue weighted by Gasteiger charge is 2.48. The molecule has 2 rings (SSSR count). The number of nitrogens with one attached hydrogen (secondary N) is 1. The van der Waals surface area contributed by atoms with Gasteiger partial charge in [-0.05, 0) is 32.6 Å². The summed E-state index contributed by atoms with van der Waals surface area (Å²) < 4.78 is 19.2. The molecular formula is C22H41NO6Si. The Morgan fingerprint density at radius 2 is 1.53 bits per heavy atom. The molecule has 8 heteroatoms. The maximum absolute atomic E-state index is 11.7. The van der Waals surface area contributed by atoms with Crippen LogP contribution < -0.4 is 5.32 Å². The number of aliphatic carboxylic acids is 1. The van der Waals surface area contributed by atoms with Crippen LogP contribution in [0.1, 0.15) is 96.8 Å². The molecule has 1 saturated carbocycles. The third kappa shape index (κ3) is 9.90. The number of carbonyl (C=O) groups is 2. The largest absolute Gasteiger partial charge is 0.501 e. The van der Waals surface area contributed by atoms with Crippen LogP contribution >= 0.6 is 0 Å². The van der Waals surface area contributed by atoms with Gasteiger partial charge in [0.2, 0.25) is 5.91 Å². The fourth-order valence-electron chi connectivity index (χ4n) is 4.40. The number of carboxylic acid groups (broad SMARTS) is 1. The van der Waals surface area contributed by atoms with E-state index in [1.54, 1.807) is 0 Å². The molecule has 2 aliphatic rings. The summed E-state index contributed by atoms with van der Waals surface area (Å²) in [7, 11) is -2.77. The lowest BCUT2D eigenvalue weighted by atomic mass is 10.0. The van der Waals surface area contributed by atoms with Gasteiger partial charge in [0.1, 0.15) is 0 Å². The van der Waals surface area contributed by atoms with Gasteiger partial charge in [0.25, 0.3) is 0 Å². The molecule has 30 heavy (non-hydrogen) atoms. The standard InChI is InChI=1S/C22H41NO6Si/c1-2-27-30(17-11-16-23-21(24)14-15-22(25)26)28-19-12-9-7-5-3-4-6-8-10-13-20(18-19)29-30/h19-20H,2-18H2,1H3,(H,23,24)(H,25,26)/t19-,20?,30?/m1/s1. The Hall–Kier alpha value is -0.963. The number of hydrogen-bond donors (Lipinski definition) is 2. The highest BCUT2D eigenvalue weighted by Crippen LogP contribution is 2.33. The van der Waals surface area contributed by atoms with Crippen molar-refractivity contribution < 1.29 is 28.0 Å². The topological polar surface area (TPSA) is 94.1 Å². The summed E-state index contributed by atoms with van der Waals surface area (Å²) in [5, 5.41) is 11.5. The third-order valence-corrected chi connectivity index (χ3v) is 9.01. The Bertz CT molecular complexity index is 498. The van der Waals surface area contributed by atoms with Crippen molar-refractivity contribution in [2.24, 2.45) is 0 Å². The van der Waals surface area contributed by atoms with Gasteiger partial charge in [-0.1, -0.05) is 51.4 Å². The molecule has 0 radical (unpaired) electrons. The predicted molar refractivity (Wildman–Crippen MR) is 117 cm³/mol. The third-order valence-electron chi connectivity index (χ3n) is 5.93. The van der Waals surface area contributed by atoms with Crippen molar-refractivity contribution >= 4 is 20.7 Å². The van der Waals surface area contributed by atoms with Crippen LogP contribution in [-0.4, -0.2) is 51.1 Å². The molecule has 0 aromatic rings. The number of amides is 1. The van der Waals surface area contributed by atoms with Gasteiger partial charge in [0, 0.05) is 25.6 Å². The van der Waals surface area contributed by atoms with E-state index in [0.717, 1.165) is 19.3 Å². The van der Waals surface area contributed by atoms with E-state index in [2.05, 4.69) is 5.32 Å². The lowest BCUT2D eigenvalue weighted by Crippen LogP contribution is -2.55. The first-order valence-corrected chi connectivity index (χ1v) is 13.9. The van der Waals surface area contributed by atoms with Crippen molar-refractivity contribution in [2.45, 2.75) is 115 Å². The maximum atomic E-state index is 11.7. The van der Waals surface area contributed by atoms with Crippen LogP contribution in [0.2, 0.25) is 6.04 Å². The van der Waals surface area contributed by atoms with E-state index in [-0.39, 0.29) is 31.0 Å². The zero-order chi connectivity index (χ0) is 21.7. The number of hydrogen-bond acceptors (Lipinski definition) is 5. The molecule has 2 bridgehead atoms. The van der Waals surface area contributed by atoms with Crippen LogP contribution in [0.25, 0.3) is 0 Å². The Kier molecular flexibility index (Phi) is 11.9. The molecule has 2 unspecified atom stereocenters. The summed E-state index contributed by atoms with van der Waals surface area (Å²) in [6.45, 7) is 3.04. The molecule has 0 aromatic heterocycles. The van der Waals surface area contributed by atoms with Crippen molar-refractivity contribution in [3.63, 3.8) is 0 Å². The minimum Gasteiger partial charge on any atom is -0.481 e. The van der Waals surface area contributed by atoms with Gasteiger partial charge >= 0.3 is 14.8 Å². The average Bonchev–Trinajstić information content (AvgIpc) is 2.72. The van der Waals surface area contributed by atoms with Gasteiger partial charge in [-0.3, -0.25) is 9.59 Å². The van der Waals surface area contributed by atoms with Gasteiger partial charge in [-0.2, -0.15) is 0 Å². The maximum Gasteiger partial charge on any atom is 0.501 e. The summed E-state index contributed by atoms with van der Waals surface area (Å²) in [5.74, 6) is -1.18. The number of carboxylic acids is 1. The first-order chi connectivity index (χ1) is 14.5. The Labute approximate surface area is 182 Å². The SMILES string of the molecule is CCO[Si]1(CCCNC(=O)CCC(=O)O)OC2CCCCCCCCCC[C@H](C2)O1. The van der Waals surface area contributed by atoms with E-state index in [4.69, 9.17) is 18.4 Å². The molecule has 0 spiro atoms. The first kappa shape index (κ1) is 25.3. The first-order valence-electron chi connectivity index (χ1n) is 12.0. The van der Waals surface area contributed by atoms with Crippen LogP contribution in [0, 0.1) is 0 Å². The molecule has 2 N–H and O–H groups in total. The minimum absolute atomic E-state index is 0.0144. The number of rotatable bonds is 9. The van der Waals surface area contributed by atoms with Crippen molar-refractivity contribution in [1.82, 2.24) is 5.32 Å². The van der Waals surface area contributed by atoms with E-state index >= 15 is 0 Å². The molecule has 1 saturated heterocycles. The highest BCUT2D eigenvalue weighted by molar-refractivity contribution is 6.61. The lowest BCUT2D eigenvalue weighted by molar-refractivity contribution is -0.138. The summed E-state index contributed by atoms with van der Waals surface area (Å²) in [6, 6.07) is 0.688. The molecule has 174 valence electrons. The van der Waals surface area contributed by atoms with E-state index in [1.807, 2.05) is 6.92 Å². The Morgan fingerprint density at radius 3 is 2.07 bits per heavy atom. The molecule has 1 amide bonds. The van der Waals surface area contributed by atoms with E-state index in [9.17, 15) is 9.59 Å². The van der Waals surface area contributed by atoms with Crippen molar-refractivity contribution in [1.29, 1.82) is 0 Å². The van der Waals surface area contributed by atoms with Gasteiger partial charge in [0.05, 0.1) is 18.6 Å². The summed E-state index contributed by atoms with van der Waals surface area (Å²) in [6.07, 6.45) is 14.4. The molecular weight excluding hydrogens is 402 g/mol. The molecule has 2 fully saturated rings. The van der Waals surface area contributed by atoms with Crippen LogP contribution in [0.5, 0.6) is 0 Å². The number of fused-ring (bicyclic) bond motifs is 2. The predicted octanol–water partition coefficient (Wildman–Crippen LogP) is 4.42. The second-order valence-electron chi connectivity index (χ2n) is 8.58. The summed E-state index contributed by atoms with van der Waals surface area (Å²) in [4.78, 5) is 22.3. The van der Waals surface area contributed by atoms with E-state index in [0.29, 0.717) is 25.6 Å². The molecule has 1 heterocycles. The van der Waals surface area contributed by atoms with Gasteiger partial charge in [0.15, 0.2) is 0 Å². The zero-order valence-electron chi connectivity index (χ0n) is 18.7. The molecule has 1 aliphatic carbocycles. The monoisotopic (exact) mass is 443 g/mol. The lowest BCUT2D eigenvalue weighted by Gasteiger charge is -2.42. The van der Waals surface area contributed by atoms with E-state index < -0.39 is 14.8 Å². The van der Waals surface area contributed by atoms with Crippen LogP contribution in [0.4, 0.5) is 0 Å². The fraction of sp³-hybridized carbons (Fsp3) is 0.909. The average molecular weight is 444 g/mol. The van der Waals surface area contributed by atoms with Gasteiger partial charge < -0.3 is 23.7 Å². The second-order valence-corrected chi connectivity index (χ2v) is 11.2. The van der Waals surface area contributed by atoms with Crippen molar-refractivity contribution in [2.75, 3.05) is 13.2 Å². The Balaban J connectivity index is 1.89. The molecule has 0 aromatic carbocycles. The smallest absolute Gasteiger partial charge is 0.481 e. The Morgan fingerprint density at radius 1 is 0.967 bits per heavy atom. The number of carbonyl (C=O) groups excluding carboxylic acids is 1. The zero-order valence-corrected chi connectivity index (χ0v) is 19.7. The molecule has 3 atom stereocenters.